The van der Waals surface area contributed by atoms with Crippen LogP contribution < -0.4 is 0 Å². The Morgan fingerprint density at radius 2 is 1.59 bits per heavy atom. The number of rotatable bonds is 2. The summed E-state index contributed by atoms with van der Waals surface area (Å²) in [6.07, 6.45) is 0. The number of hydrogen-bond acceptors (Lipinski definition) is 5. The molecule has 1 aromatic heterocycles. The van der Waals surface area contributed by atoms with Crippen LogP contribution >= 0.6 is 11.3 Å². The standard InChI is InChI=1S/C15H22B2O4S/c1-13(2)12(17-20-14(3,4)15(5,6)21-17)11(16(18)19-13)10-8-7-9-22-10/h7-9,18H,1-6H3. The second kappa shape index (κ2) is 4.95. The van der Waals surface area contributed by atoms with E-state index in [-0.39, 0.29) is 0 Å². The summed E-state index contributed by atoms with van der Waals surface area (Å²) in [6, 6.07) is 3.95. The van der Waals surface area contributed by atoms with Crippen molar-refractivity contribution in [2.24, 2.45) is 0 Å². The molecule has 1 N–H and O–H groups in total. The van der Waals surface area contributed by atoms with Gasteiger partial charge in [-0.15, -0.1) is 11.3 Å². The van der Waals surface area contributed by atoms with E-state index in [1.165, 1.54) is 0 Å². The van der Waals surface area contributed by atoms with Gasteiger partial charge in [0, 0.05) is 4.88 Å². The average Bonchev–Trinajstić information content (AvgIpc) is 2.96. The van der Waals surface area contributed by atoms with Crippen LogP contribution in [0, 0.1) is 0 Å². The van der Waals surface area contributed by atoms with E-state index in [2.05, 4.69) is 0 Å². The Morgan fingerprint density at radius 1 is 1.00 bits per heavy atom. The molecule has 3 rings (SSSR count). The molecule has 0 radical (unpaired) electrons. The number of thiophene rings is 1. The molecule has 118 valence electrons. The zero-order valence-electron chi connectivity index (χ0n) is 14.0. The van der Waals surface area contributed by atoms with Crippen molar-refractivity contribution in [3.8, 4) is 0 Å². The van der Waals surface area contributed by atoms with E-state index in [1.54, 1.807) is 11.3 Å². The van der Waals surface area contributed by atoms with Crippen molar-refractivity contribution in [3.05, 3.63) is 27.9 Å². The first-order chi connectivity index (χ1) is 10.1. The van der Waals surface area contributed by atoms with Gasteiger partial charge in [-0.25, -0.2) is 0 Å². The fourth-order valence-corrected chi connectivity index (χ4v) is 3.72. The first-order valence-electron chi connectivity index (χ1n) is 7.55. The van der Waals surface area contributed by atoms with Gasteiger partial charge in [-0.05, 0) is 63.9 Å². The highest BCUT2D eigenvalue weighted by atomic mass is 32.1. The van der Waals surface area contributed by atoms with Crippen molar-refractivity contribution >= 4 is 31.0 Å². The summed E-state index contributed by atoms with van der Waals surface area (Å²) < 4.78 is 18.2. The van der Waals surface area contributed by atoms with Crippen molar-refractivity contribution in [1.29, 1.82) is 0 Å². The van der Waals surface area contributed by atoms with Crippen molar-refractivity contribution in [1.82, 2.24) is 0 Å². The molecule has 7 heteroatoms. The molecule has 4 nitrogen and oxygen atoms in total. The zero-order chi connectivity index (χ0) is 16.3. The summed E-state index contributed by atoms with van der Waals surface area (Å²) in [5.41, 5.74) is 0.170. The van der Waals surface area contributed by atoms with Gasteiger partial charge in [-0.1, -0.05) is 6.07 Å². The van der Waals surface area contributed by atoms with E-state index in [9.17, 15) is 5.02 Å². The summed E-state index contributed by atoms with van der Waals surface area (Å²) in [6.45, 7) is 12.0. The molecule has 0 aromatic carbocycles. The number of hydrogen-bond donors (Lipinski definition) is 1. The molecule has 2 aliphatic heterocycles. The van der Waals surface area contributed by atoms with Gasteiger partial charge < -0.3 is 19.0 Å². The van der Waals surface area contributed by atoms with E-state index >= 15 is 0 Å². The third-order valence-corrected chi connectivity index (χ3v) is 5.77. The molecule has 3 heterocycles. The Kier molecular flexibility index (Phi) is 3.66. The molecule has 1 fully saturated rings. The van der Waals surface area contributed by atoms with Gasteiger partial charge in [0.1, 0.15) is 0 Å². The van der Waals surface area contributed by atoms with Gasteiger partial charge in [0.15, 0.2) is 0 Å². The minimum atomic E-state index is -0.956. The Bertz CT molecular complexity index is 591. The predicted octanol–water partition coefficient (Wildman–Crippen LogP) is 2.96. The largest absolute Gasteiger partial charge is 0.493 e. The topological polar surface area (TPSA) is 47.9 Å². The molecule has 0 bridgehead atoms. The van der Waals surface area contributed by atoms with Crippen LogP contribution in [0.5, 0.6) is 0 Å². The lowest BCUT2D eigenvalue weighted by atomic mass is 9.63. The monoisotopic (exact) mass is 320 g/mol. The van der Waals surface area contributed by atoms with Crippen molar-refractivity contribution in [2.45, 2.75) is 58.3 Å². The maximum atomic E-state index is 10.4. The smallest absolute Gasteiger partial charge is 0.423 e. The van der Waals surface area contributed by atoms with Crippen LogP contribution in [0.1, 0.15) is 46.4 Å². The summed E-state index contributed by atoms with van der Waals surface area (Å²) in [5.74, 6) is 0. The molecular formula is C15H22B2O4S. The lowest BCUT2D eigenvalue weighted by Gasteiger charge is -2.32. The third kappa shape index (κ3) is 2.39. The molecule has 0 unspecified atom stereocenters. The minimum Gasteiger partial charge on any atom is -0.423 e. The van der Waals surface area contributed by atoms with Gasteiger partial charge in [-0.2, -0.15) is 0 Å². The molecule has 0 atom stereocenters. The van der Waals surface area contributed by atoms with Gasteiger partial charge >= 0.3 is 14.2 Å². The molecule has 1 aromatic rings. The van der Waals surface area contributed by atoms with Crippen LogP contribution in [-0.4, -0.2) is 36.1 Å². The predicted molar refractivity (Wildman–Crippen MR) is 90.5 cm³/mol. The highest BCUT2D eigenvalue weighted by Gasteiger charge is 2.58. The first kappa shape index (κ1) is 16.3. The van der Waals surface area contributed by atoms with E-state index in [0.29, 0.717) is 0 Å². The van der Waals surface area contributed by atoms with Crippen LogP contribution in [0.15, 0.2) is 23.0 Å². The maximum absolute atomic E-state index is 10.4. The molecular weight excluding hydrogens is 298 g/mol. The Hall–Kier alpha value is -0.590. The van der Waals surface area contributed by atoms with Crippen LogP contribution in [0.3, 0.4) is 0 Å². The van der Waals surface area contributed by atoms with E-state index in [4.69, 9.17) is 14.0 Å². The SMILES string of the molecule is CC1(C)OB(O)C(c2cccs2)=C1B1OC(C)(C)C(C)(C)O1. The normalized spacial score (nSPS) is 26.1. The Balaban J connectivity index is 2.09. The first-order valence-corrected chi connectivity index (χ1v) is 8.43. The Labute approximate surface area is 136 Å². The lowest BCUT2D eigenvalue weighted by molar-refractivity contribution is 0.00578. The average molecular weight is 320 g/mol. The van der Waals surface area contributed by atoms with Crippen LogP contribution in [0.4, 0.5) is 0 Å². The molecule has 22 heavy (non-hydrogen) atoms. The third-order valence-electron chi connectivity index (χ3n) is 4.87. The summed E-state index contributed by atoms with van der Waals surface area (Å²) in [7, 11) is -1.48. The highest BCUT2D eigenvalue weighted by molar-refractivity contribution is 7.12. The van der Waals surface area contributed by atoms with Crippen molar-refractivity contribution in [2.75, 3.05) is 0 Å². The fraction of sp³-hybridized carbons (Fsp3) is 0.600. The summed E-state index contributed by atoms with van der Waals surface area (Å²) >= 11 is 1.58. The van der Waals surface area contributed by atoms with Crippen LogP contribution in [-0.2, 0) is 14.0 Å². The quantitative estimate of drug-likeness (QED) is 0.851. The second-order valence-corrected chi connectivity index (χ2v) is 8.32. The van der Waals surface area contributed by atoms with Gasteiger partial charge in [0.2, 0.25) is 0 Å². The summed E-state index contributed by atoms with van der Waals surface area (Å²) in [4.78, 5) is 0.989. The molecule has 1 saturated heterocycles. The van der Waals surface area contributed by atoms with Crippen molar-refractivity contribution in [3.63, 3.8) is 0 Å². The van der Waals surface area contributed by atoms with E-state index in [0.717, 1.165) is 15.8 Å². The van der Waals surface area contributed by atoms with E-state index < -0.39 is 31.0 Å². The van der Waals surface area contributed by atoms with Crippen molar-refractivity contribution < 1.29 is 19.0 Å². The molecule has 0 spiro atoms. The van der Waals surface area contributed by atoms with Gasteiger partial charge in [0.05, 0.1) is 16.8 Å². The van der Waals surface area contributed by atoms with Gasteiger partial charge in [-0.3, -0.25) is 0 Å². The molecule has 0 aliphatic carbocycles. The van der Waals surface area contributed by atoms with E-state index in [1.807, 2.05) is 59.1 Å². The highest BCUT2D eigenvalue weighted by Crippen LogP contribution is 2.47. The summed E-state index contributed by atoms with van der Waals surface area (Å²) in [5, 5.41) is 12.4. The van der Waals surface area contributed by atoms with Crippen LogP contribution in [0.25, 0.3) is 5.47 Å². The zero-order valence-corrected chi connectivity index (χ0v) is 14.8. The lowest BCUT2D eigenvalue weighted by Crippen LogP contribution is -2.41. The second-order valence-electron chi connectivity index (χ2n) is 7.37. The molecule has 0 saturated carbocycles. The van der Waals surface area contributed by atoms with Gasteiger partial charge in [0.25, 0.3) is 0 Å². The molecule has 0 amide bonds. The maximum Gasteiger partial charge on any atom is 0.493 e. The molecule has 2 aliphatic rings. The minimum absolute atomic E-state index is 0.422. The Morgan fingerprint density at radius 3 is 2.09 bits per heavy atom. The van der Waals surface area contributed by atoms with Crippen LogP contribution in [0.2, 0.25) is 0 Å². The fourth-order valence-electron chi connectivity index (χ4n) is 2.92.